The molecule has 0 spiro atoms. The van der Waals surface area contributed by atoms with Gasteiger partial charge < -0.3 is 10.4 Å². The molecular formula is C14H23NO2. The van der Waals surface area contributed by atoms with Crippen LogP contribution in [0.25, 0.3) is 0 Å². The maximum Gasteiger partial charge on any atom is 0.223 e. The molecule has 3 atom stereocenters. The van der Waals surface area contributed by atoms with Crippen molar-refractivity contribution in [2.24, 2.45) is 11.3 Å². The molecule has 0 saturated heterocycles. The molecule has 1 amide bonds. The van der Waals surface area contributed by atoms with Crippen LogP contribution in [0, 0.1) is 11.3 Å². The van der Waals surface area contributed by atoms with E-state index < -0.39 is 0 Å². The van der Waals surface area contributed by atoms with Crippen molar-refractivity contribution in [3.05, 3.63) is 12.2 Å². The molecule has 2 rings (SSSR count). The molecule has 17 heavy (non-hydrogen) atoms. The smallest absolute Gasteiger partial charge is 0.223 e. The predicted octanol–water partition coefficient (Wildman–Crippen LogP) is 2.01. The molecule has 1 fully saturated rings. The fraction of sp³-hybridized carbons (Fsp3) is 0.786. The molecule has 0 aliphatic heterocycles. The Morgan fingerprint density at radius 2 is 2.29 bits per heavy atom. The Morgan fingerprint density at radius 1 is 1.47 bits per heavy atom. The summed E-state index contributed by atoms with van der Waals surface area (Å²) in [6, 6.07) is 0.158. The molecule has 2 N–H and O–H groups in total. The number of aliphatic hydroxyl groups excluding tert-OH is 1. The minimum Gasteiger partial charge on any atom is -0.396 e. The number of aliphatic hydroxyl groups is 1. The lowest BCUT2D eigenvalue weighted by Crippen LogP contribution is -2.46. The topological polar surface area (TPSA) is 49.3 Å². The van der Waals surface area contributed by atoms with Crippen LogP contribution in [0.5, 0.6) is 0 Å². The summed E-state index contributed by atoms with van der Waals surface area (Å²) in [5.74, 6) is 0.324. The van der Waals surface area contributed by atoms with E-state index in [1.54, 1.807) is 0 Å². The normalized spacial score (nSPS) is 37.1. The third kappa shape index (κ3) is 2.71. The first kappa shape index (κ1) is 12.6. The first-order chi connectivity index (χ1) is 8.15. The third-order valence-corrected chi connectivity index (χ3v) is 4.40. The van der Waals surface area contributed by atoms with E-state index in [1.807, 2.05) is 0 Å². The fourth-order valence-corrected chi connectivity index (χ4v) is 2.99. The second-order valence-corrected chi connectivity index (χ2v) is 5.75. The number of carbonyl (C=O) groups excluding carboxylic acids is 1. The van der Waals surface area contributed by atoms with Crippen molar-refractivity contribution >= 4 is 5.91 Å². The van der Waals surface area contributed by atoms with Crippen molar-refractivity contribution < 1.29 is 9.90 Å². The highest BCUT2D eigenvalue weighted by Crippen LogP contribution is 2.37. The number of hydrogen-bond acceptors (Lipinski definition) is 2. The van der Waals surface area contributed by atoms with Gasteiger partial charge in [0.25, 0.3) is 0 Å². The van der Waals surface area contributed by atoms with Gasteiger partial charge in [0.2, 0.25) is 5.91 Å². The van der Waals surface area contributed by atoms with Crippen LogP contribution >= 0.6 is 0 Å². The zero-order chi connectivity index (χ0) is 12.3. The van der Waals surface area contributed by atoms with E-state index in [1.165, 1.54) is 0 Å². The van der Waals surface area contributed by atoms with E-state index in [0.717, 1.165) is 38.5 Å². The van der Waals surface area contributed by atoms with Gasteiger partial charge in [-0.05, 0) is 32.1 Å². The highest BCUT2D eigenvalue weighted by Gasteiger charge is 2.39. The molecule has 0 heterocycles. The second kappa shape index (κ2) is 5.21. The molecule has 0 aromatic heterocycles. The van der Waals surface area contributed by atoms with Crippen molar-refractivity contribution in [2.45, 2.75) is 51.5 Å². The lowest BCUT2D eigenvalue weighted by molar-refractivity contribution is -0.126. The van der Waals surface area contributed by atoms with Crippen LogP contribution in [0.1, 0.15) is 45.4 Å². The second-order valence-electron chi connectivity index (χ2n) is 5.75. The molecule has 3 nitrogen and oxygen atoms in total. The maximum atomic E-state index is 12.1. The summed E-state index contributed by atoms with van der Waals surface area (Å²) < 4.78 is 0. The predicted molar refractivity (Wildman–Crippen MR) is 67.5 cm³/mol. The maximum absolute atomic E-state index is 12.1. The summed E-state index contributed by atoms with van der Waals surface area (Å²) >= 11 is 0. The highest BCUT2D eigenvalue weighted by atomic mass is 16.3. The van der Waals surface area contributed by atoms with Crippen molar-refractivity contribution in [1.29, 1.82) is 0 Å². The van der Waals surface area contributed by atoms with E-state index in [-0.39, 0.29) is 29.9 Å². The molecule has 0 aromatic carbocycles. The molecule has 3 heteroatoms. The molecule has 2 aliphatic rings. The number of rotatable bonds is 3. The third-order valence-electron chi connectivity index (χ3n) is 4.40. The average Bonchev–Trinajstić information content (AvgIpc) is 2.73. The number of allylic oxidation sites excluding steroid dienone is 2. The Labute approximate surface area is 103 Å². The number of carbonyl (C=O) groups is 1. The molecule has 3 unspecified atom stereocenters. The summed E-state index contributed by atoms with van der Waals surface area (Å²) in [6.45, 7) is 2.24. The minimum atomic E-state index is -0.111. The van der Waals surface area contributed by atoms with Crippen LogP contribution in [0.3, 0.4) is 0 Å². The van der Waals surface area contributed by atoms with Crippen LogP contribution in [0.4, 0.5) is 0 Å². The van der Waals surface area contributed by atoms with Crippen molar-refractivity contribution in [1.82, 2.24) is 5.32 Å². The Kier molecular flexibility index (Phi) is 3.87. The standard InChI is InChI=1S/C14H23NO2/c1-14(10-16)9-5-8-12(14)15-13(17)11-6-3-2-4-7-11/h2-3,11-12,16H,4-10H2,1H3,(H,15,17). The SMILES string of the molecule is CC1(CO)CCCC1NC(=O)C1CC=CCC1. The quantitative estimate of drug-likeness (QED) is 0.738. The van der Waals surface area contributed by atoms with Gasteiger partial charge in [-0.1, -0.05) is 25.5 Å². The molecule has 0 aromatic rings. The number of amides is 1. The van der Waals surface area contributed by atoms with E-state index in [2.05, 4.69) is 24.4 Å². The zero-order valence-electron chi connectivity index (χ0n) is 10.6. The van der Waals surface area contributed by atoms with E-state index in [0.29, 0.717) is 0 Å². The van der Waals surface area contributed by atoms with Crippen molar-refractivity contribution in [2.75, 3.05) is 6.61 Å². The van der Waals surface area contributed by atoms with Crippen molar-refractivity contribution in [3.63, 3.8) is 0 Å². The van der Waals surface area contributed by atoms with Gasteiger partial charge in [0.15, 0.2) is 0 Å². The number of nitrogens with one attached hydrogen (secondary N) is 1. The molecule has 0 bridgehead atoms. The summed E-state index contributed by atoms with van der Waals surface area (Å²) in [4.78, 5) is 12.1. The molecule has 96 valence electrons. The monoisotopic (exact) mass is 237 g/mol. The van der Waals surface area contributed by atoms with Gasteiger partial charge in [-0.15, -0.1) is 0 Å². The summed E-state index contributed by atoms with van der Waals surface area (Å²) in [5.41, 5.74) is -0.111. The Morgan fingerprint density at radius 3 is 2.94 bits per heavy atom. The summed E-state index contributed by atoms with van der Waals surface area (Å²) in [5, 5.41) is 12.6. The van der Waals surface area contributed by atoms with Gasteiger partial charge in [0.1, 0.15) is 0 Å². The lowest BCUT2D eigenvalue weighted by Gasteiger charge is -2.31. The molecule has 2 aliphatic carbocycles. The Bertz CT molecular complexity index is 313. The van der Waals surface area contributed by atoms with Crippen LogP contribution in [0.2, 0.25) is 0 Å². The zero-order valence-corrected chi connectivity index (χ0v) is 10.6. The van der Waals surface area contributed by atoms with E-state index in [9.17, 15) is 9.90 Å². The van der Waals surface area contributed by atoms with Crippen LogP contribution in [0.15, 0.2) is 12.2 Å². The highest BCUT2D eigenvalue weighted by molar-refractivity contribution is 5.79. The van der Waals surface area contributed by atoms with Gasteiger partial charge in [-0.3, -0.25) is 4.79 Å². The molecule has 1 saturated carbocycles. The molecular weight excluding hydrogens is 214 g/mol. The summed E-state index contributed by atoms with van der Waals surface area (Å²) in [7, 11) is 0. The van der Waals surface area contributed by atoms with Gasteiger partial charge in [0.05, 0.1) is 6.61 Å². The van der Waals surface area contributed by atoms with Gasteiger partial charge in [-0.2, -0.15) is 0 Å². The number of hydrogen-bond donors (Lipinski definition) is 2. The van der Waals surface area contributed by atoms with E-state index >= 15 is 0 Å². The lowest BCUT2D eigenvalue weighted by atomic mass is 9.85. The largest absolute Gasteiger partial charge is 0.396 e. The average molecular weight is 237 g/mol. The van der Waals surface area contributed by atoms with E-state index in [4.69, 9.17) is 0 Å². The van der Waals surface area contributed by atoms with Gasteiger partial charge >= 0.3 is 0 Å². The van der Waals surface area contributed by atoms with Crippen LogP contribution in [-0.4, -0.2) is 23.7 Å². The first-order valence-corrected chi connectivity index (χ1v) is 6.72. The first-order valence-electron chi connectivity index (χ1n) is 6.72. The minimum absolute atomic E-state index is 0.111. The fourth-order valence-electron chi connectivity index (χ4n) is 2.99. The summed E-state index contributed by atoms with van der Waals surface area (Å²) in [6.07, 6.45) is 10.2. The van der Waals surface area contributed by atoms with Crippen LogP contribution in [-0.2, 0) is 4.79 Å². The van der Waals surface area contributed by atoms with Gasteiger partial charge in [-0.25, -0.2) is 0 Å². The van der Waals surface area contributed by atoms with Gasteiger partial charge in [0, 0.05) is 17.4 Å². The Balaban J connectivity index is 1.92. The van der Waals surface area contributed by atoms with Crippen molar-refractivity contribution in [3.8, 4) is 0 Å². The Hall–Kier alpha value is -0.830. The van der Waals surface area contributed by atoms with Crippen LogP contribution < -0.4 is 5.32 Å². The molecule has 0 radical (unpaired) electrons.